The molecule has 1 aromatic rings. The third-order valence-corrected chi connectivity index (χ3v) is 4.95. The maximum Gasteiger partial charge on any atom is 0.0593 e. The van der Waals surface area contributed by atoms with Crippen LogP contribution in [0.3, 0.4) is 0 Å². The van der Waals surface area contributed by atoms with Crippen LogP contribution in [0.1, 0.15) is 37.8 Å². The molecular weight excluding hydrogens is 260 g/mol. The van der Waals surface area contributed by atoms with Crippen molar-refractivity contribution in [1.82, 2.24) is 9.80 Å². The highest BCUT2D eigenvalue weighted by Crippen LogP contribution is 2.31. The molecule has 3 rings (SSSR count). The molecular formula is C18H28N2O. The van der Waals surface area contributed by atoms with Gasteiger partial charge in [-0.2, -0.15) is 0 Å². The van der Waals surface area contributed by atoms with Crippen molar-refractivity contribution in [3.63, 3.8) is 0 Å². The van der Waals surface area contributed by atoms with E-state index >= 15 is 0 Å². The first-order valence-electron chi connectivity index (χ1n) is 8.49. The van der Waals surface area contributed by atoms with Gasteiger partial charge in [0.2, 0.25) is 0 Å². The van der Waals surface area contributed by atoms with Crippen LogP contribution in [0, 0.1) is 0 Å². The largest absolute Gasteiger partial charge is 0.380 e. The quantitative estimate of drug-likeness (QED) is 0.775. The molecule has 3 nitrogen and oxygen atoms in total. The van der Waals surface area contributed by atoms with Crippen LogP contribution < -0.4 is 0 Å². The van der Waals surface area contributed by atoms with Gasteiger partial charge in [-0.15, -0.1) is 0 Å². The Bertz CT molecular complexity index is 422. The Balaban J connectivity index is 1.72. The van der Waals surface area contributed by atoms with Crippen LogP contribution in [-0.2, 0) is 4.74 Å². The maximum absolute atomic E-state index is 5.60. The summed E-state index contributed by atoms with van der Waals surface area (Å²) in [6.07, 6.45) is 4.14. The zero-order valence-corrected chi connectivity index (χ0v) is 13.2. The van der Waals surface area contributed by atoms with Gasteiger partial charge in [0.15, 0.2) is 0 Å². The van der Waals surface area contributed by atoms with Crippen molar-refractivity contribution in [2.75, 3.05) is 39.4 Å². The number of fused-ring (bicyclic) bond motifs is 1. The van der Waals surface area contributed by atoms with Gasteiger partial charge in [-0.1, -0.05) is 36.8 Å². The monoisotopic (exact) mass is 288 g/mol. The fourth-order valence-corrected chi connectivity index (χ4v) is 3.81. The summed E-state index contributed by atoms with van der Waals surface area (Å²) < 4.78 is 5.60. The second-order valence-corrected chi connectivity index (χ2v) is 6.26. The molecule has 2 fully saturated rings. The summed E-state index contributed by atoms with van der Waals surface area (Å²) in [6, 6.07) is 12.3. The van der Waals surface area contributed by atoms with Gasteiger partial charge in [-0.05, 0) is 31.9 Å². The van der Waals surface area contributed by atoms with Gasteiger partial charge in [0.05, 0.1) is 6.61 Å². The van der Waals surface area contributed by atoms with E-state index in [0.29, 0.717) is 6.04 Å². The van der Waals surface area contributed by atoms with Crippen molar-refractivity contribution in [2.24, 2.45) is 0 Å². The highest BCUT2D eigenvalue weighted by molar-refractivity contribution is 5.20. The van der Waals surface area contributed by atoms with Crippen LogP contribution in [0.25, 0.3) is 0 Å². The predicted octanol–water partition coefficient (Wildman–Crippen LogP) is 2.93. The highest BCUT2D eigenvalue weighted by Gasteiger charge is 2.35. The first-order chi connectivity index (χ1) is 10.4. The van der Waals surface area contributed by atoms with Crippen LogP contribution in [0.4, 0.5) is 0 Å². The molecule has 2 saturated heterocycles. The molecule has 2 atom stereocenters. The predicted molar refractivity (Wildman–Crippen MR) is 86.5 cm³/mol. The summed E-state index contributed by atoms with van der Waals surface area (Å²) in [5.74, 6) is 0. The fraction of sp³-hybridized carbons (Fsp3) is 0.667. The van der Waals surface area contributed by atoms with E-state index < -0.39 is 0 Å². The lowest BCUT2D eigenvalue weighted by atomic mass is 9.93. The third kappa shape index (κ3) is 3.65. The van der Waals surface area contributed by atoms with Crippen molar-refractivity contribution < 1.29 is 4.74 Å². The van der Waals surface area contributed by atoms with Crippen molar-refractivity contribution in [3.05, 3.63) is 35.9 Å². The maximum atomic E-state index is 5.60. The molecule has 2 unspecified atom stereocenters. The molecule has 0 aromatic heterocycles. The van der Waals surface area contributed by atoms with Gasteiger partial charge in [0.25, 0.3) is 0 Å². The van der Waals surface area contributed by atoms with Gasteiger partial charge >= 0.3 is 0 Å². The number of nitrogens with zero attached hydrogens (tertiary/aromatic N) is 2. The minimum Gasteiger partial charge on any atom is -0.380 e. The Morgan fingerprint density at radius 1 is 1.14 bits per heavy atom. The van der Waals surface area contributed by atoms with Crippen LogP contribution in [0.5, 0.6) is 0 Å². The fourth-order valence-electron chi connectivity index (χ4n) is 3.81. The topological polar surface area (TPSA) is 15.7 Å². The van der Waals surface area contributed by atoms with E-state index in [1.54, 1.807) is 0 Å². The lowest BCUT2D eigenvalue weighted by Gasteiger charge is -2.48. The zero-order valence-electron chi connectivity index (χ0n) is 13.2. The summed E-state index contributed by atoms with van der Waals surface area (Å²) in [5, 5.41) is 0. The number of hydrogen-bond acceptors (Lipinski definition) is 3. The van der Waals surface area contributed by atoms with Crippen LogP contribution in [-0.4, -0.2) is 55.2 Å². The second kappa shape index (κ2) is 7.39. The normalized spacial score (nSPS) is 27.5. The van der Waals surface area contributed by atoms with Crippen molar-refractivity contribution in [2.45, 2.75) is 38.3 Å². The molecule has 1 aromatic carbocycles. The molecule has 0 aliphatic carbocycles. The minimum atomic E-state index is 0.529. The SMILES string of the molecule is CCOCCN1CC2CCCCN2CC1c1ccccc1. The molecule has 2 aliphatic rings. The standard InChI is InChI=1S/C18H28N2O/c1-2-21-13-12-20-14-17-10-6-7-11-19(17)15-18(20)16-8-4-3-5-9-16/h3-5,8-9,17-18H,2,6-7,10-15H2,1H3. The molecule has 2 heterocycles. The summed E-state index contributed by atoms with van der Waals surface area (Å²) in [5.41, 5.74) is 1.46. The van der Waals surface area contributed by atoms with Gasteiger partial charge in [-0.3, -0.25) is 9.80 Å². The number of piperidine rings is 1. The number of rotatable bonds is 5. The Kier molecular flexibility index (Phi) is 5.28. The Hall–Kier alpha value is -0.900. The minimum absolute atomic E-state index is 0.529. The number of ether oxygens (including phenoxy) is 1. The first-order valence-corrected chi connectivity index (χ1v) is 8.49. The van der Waals surface area contributed by atoms with E-state index in [1.807, 2.05) is 0 Å². The van der Waals surface area contributed by atoms with E-state index in [-0.39, 0.29) is 0 Å². The Labute approximate surface area is 128 Å². The van der Waals surface area contributed by atoms with Crippen molar-refractivity contribution >= 4 is 0 Å². The molecule has 116 valence electrons. The zero-order chi connectivity index (χ0) is 14.5. The molecule has 3 heteroatoms. The molecule has 0 N–H and O–H groups in total. The molecule has 0 amide bonds. The van der Waals surface area contributed by atoms with E-state index in [9.17, 15) is 0 Å². The van der Waals surface area contributed by atoms with Gasteiger partial charge in [-0.25, -0.2) is 0 Å². The summed E-state index contributed by atoms with van der Waals surface area (Å²) in [4.78, 5) is 5.37. The Morgan fingerprint density at radius 3 is 2.81 bits per heavy atom. The summed E-state index contributed by atoms with van der Waals surface area (Å²) >= 11 is 0. The smallest absolute Gasteiger partial charge is 0.0593 e. The molecule has 0 bridgehead atoms. The Morgan fingerprint density at radius 2 is 2.00 bits per heavy atom. The highest BCUT2D eigenvalue weighted by atomic mass is 16.5. The van der Waals surface area contributed by atoms with E-state index in [4.69, 9.17) is 4.74 Å². The number of hydrogen-bond donors (Lipinski definition) is 0. The number of benzene rings is 1. The summed E-state index contributed by atoms with van der Waals surface area (Å²) in [6.45, 7) is 8.47. The van der Waals surface area contributed by atoms with Crippen molar-refractivity contribution in [3.8, 4) is 0 Å². The molecule has 2 aliphatic heterocycles. The van der Waals surface area contributed by atoms with Crippen LogP contribution in [0.2, 0.25) is 0 Å². The van der Waals surface area contributed by atoms with Gasteiger partial charge < -0.3 is 4.74 Å². The third-order valence-electron chi connectivity index (χ3n) is 4.95. The van der Waals surface area contributed by atoms with E-state index in [0.717, 1.165) is 25.8 Å². The van der Waals surface area contributed by atoms with E-state index in [1.165, 1.54) is 44.5 Å². The molecule has 0 spiro atoms. The lowest BCUT2D eigenvalue weighted by molar-refractivity contribution is -0.00634. The average Bonchev–Trinajstić information content (AvgIpc) is 2.55. The molecule has 0 saturated carbocycles. The first kappa shape index (κ1) is 15.0. The average molecular weight is 288 g/mol. The second-order valence-electron chi connectivity index (χ2n) is 6.26. The van der Waals surface area contributed by atoms with Crippen LogP contribution in [0.15, 0.2) is 30.3 Å². The summed E-state index contributed by atoms with van der Waals surface area (Å²) in [7, 11) is 0. The molecule has 0 radical (unpaired) electrons. The van der Waals surface area contributed by atoms with E-state index in [2.05, 4.69) is 47.1 Å². The van der Waals surface area contributed by atoms with Gasteiger partial charge in [0.1, 0.15) is 0 Å². The number of piperazine rings is 1. The van der Waals surface area contributed by atoms with Gasteiger partial charge in [0, 0.05) is 38.3 Å². The van der Waals surface area contributed by atoms with Crippen molar-refractivity contribution in [1.29, 1.82) is 0 Å². The van der Waals surface area contributed by atoms with Crippen LogP contribution >= 0.6 is 0 Å². The lowest BCUT2D eigenvalue weighted by Crippen LogP contribution is -2.56. The molecule has 21 heavy (non-hydrogen) atoms.